The van der Waals surface area contributed by atoms with Crippen molar-refractivity contribution in [2.24, 2.45) is 5.92 Å². The molecule has 0 aromatic carbocycles. The fourth-order valence-corrected chi connectivity index (χ4v) is 2.35. The Morgan fingerprint density at radius 3 is 2.07 bits per heavy atom. The Bertz CT molecular complexity index is 228. The molecule has 0 saturated heterocycles. The minimum atomic E-state index is -3.67. The van der Waals surface area contributed by atoms with Gasteiger partial charge in [0.2, 0.25) is 5.57 Å². The van der Waals surface area contributed by atoms with E-state index in [4.69, 9.17) is 9.05 Å². The average molecular weight is 224 g/mol. The van der Waals surface area contributed by atoms with Gasteiger partial charge in [-0.25, -0.2) is 0 Å². The van der Waals surface area contributed by atoms with Crippen LogP contribution in [0.4, 0.5) is 4.39 Å². The van der Waals surface area contributed by atoms with Crippen LogP contribution in [0, 0.1) is 5.92 Å². The predicted octanol–water partition coefficient (Wildman–Crippen LogP) is 3.72. The van der Waals surface area contributed by atoms with Crippen molar-refractivity contribution >= 4 is 7.60 Å². The van der Waals surface area contributed by atoms with Crippen LogP contribution in [0.2, 0.25) is 0 Å². The molecule has 0 bridgehead atoms. The lowest BCUT2D eigenvalue weighted by Crippen LogP contribution is -1.97. The minimum absolute atomic E-state index is 0.0239. The topological polar surface area (TPSA) is 35.5 Å². The van der Waals surface area contributed by atoms with Gasteiger partial charge in [-0.2, -0.15) is 4.39 Å². The number of hydrogen-bond donors (Lipinski definition) is 0. The second kappa shape index (κ2) is 6.33. The van der Waals surface area contributed by atoms with Gasteiger partial charge in [0.15, 0.2) is 0 Å². The van der Waals surface area contributed by atoms with E-state index in [1.165, 1.54) is 6.08 Å². The summed E-state index contributed by atoms with van der Waals surface area (Å²) in [6.07, 6.45) is 1.26. The Morgan fingerprint density at radius 1 is 1.36 bits per heavy atom. The molecule has 0 N–H and O–H groups in total. The Kier molecular flexibility index (Phi) is 6.25. The van der Waals surface area contributed by atoms with Crippen molar-refractivity contribution in [3.8, 4) is 0 Å². The molecule has 0 aliphatic carbocycles. The highest BCUT2D eigenvalue weighted by Crippen LogP contribution is 2.56. The van der Waals surface area contributed by atoms with Gasteiger partial charge in [-0.05, 0) is 25.8 Å². The summed E-state index contributed by atoms with van der Waals surface area (Å²) < 4.78 is 34.8. The molecule has 0 unspecified atom stereocenters. The van der Waals surface area contributed by atoms with E-state index in [2.05, 4.69) is 0 Å². The molecule has 0 aromatic rings. The SMILES string of the molecule is CCOP(=O)(OCC)/C(F)=C/C(C)C. The first-order valence-electron chi connectivity index (χ1n) is 4.73. The zero-order valence-corrected chi connectivity index (χ0v) is 10.0. The van der Waals surface area contributed by atoms with E-state index in [0.717, 1.165) is 0 Å². The van der Waals surface area contributed by atoms with E-state index in [1.54, 1.807) is 27.7 Å². The van der Waals surface area contributed by atoms with Crippen molar-refractivity contribution in [3.63, 3.8) is 0 Å². The van der Waals surface area contributed by atoms with Crippen LogP contribution in [-0.2, 0) is 13.6 Å². The van der Waals surface area contributed by atoms with Crippen molar-refractivity contribution < 1.29 is 18.0 Å². The third-order valence-corrected chi connectivity index (χ3v) is 3.20. The monoisotopic (exact) mass is 224 g/mol. The van der Waals surface area contributed by atoms with Gasteiger partial charge in [-0.3, -0.25) is 4.57 Å². The molecule has 0 aromatic heterocycles. The van der Waals surface area contributed by atoms with Gasteiger partial charge in [0.25, 0.3) is 0 Å². The van der Waals surface area contributed by atoms with Crippen LogP contribution in [0.15, 0.2) is 11.6 Å². The predicted molar refractivity (Wildman–Crippen MR) is 54.9 cm³/mol. The smallest absolute Gasteiger partial charge is 0.304 e. The Balaban J connectivity index is 4.72. The third-order valence-electron chi connectivity index (χ3n) is 1.33. The fraction of sp³-hybridized carbons (Fsp3) is 0.778. The lowest BCUT2D eigenvalue weighted by Gasteiger charge is -2.15. The molecule has 0 heterocycles. The normalized spacial score (nSPS) is 13.7. The lowest BCUT2D eigenvalue weighted by molar-refractivity contribution is 0.219. The standard InChI is InChI=1S/C9H18FO3P/c1-5-12-14(11,13-6-2)9(10)7-8(3)4/h7-8H,5-6H2,1-4H3/b9-7+. The zero-order chi connectivity index (χ0) is 11.2. The summed E-state index contributed by atoms with van der Waals surface area (Å²) in [5.74, 6) is -0.0239. The molecule has 3 nitrogen and oxygen atoms in total. The Morgan fingerprint density at radius 2 is 1.79 bits per heavy atom. The molecule has 0 aliphatic heterocycles. The van der Waals surface area contributed by atoms with Crippen LogP contribution >= 0.6 is 7.60 Å². The second-order valence-electron chi connectivity index (χ2n) is 3.07. The van der Waals surface area contributed by atoms with Crippen LogP contribution < -0.4 is 0 Å². The molecule has 0 aliphatic rings. The summed E-state index contributed by atoms with van der Waals surface area (Å²) in [5.41, 5.74) is -0.795. The van der Waals surface area contributed by atoms with Crippen molar-refractivity contribution in [2.45, 2.75) is 27.7 Å². The van der Waals surface area contributed by atoms with Gasteiger partial charge >= 0.3 is 7.60 Å². The van der Waals surface area contributed by atoms with E-state index >= 15 is 0 Å². The van der Waals surface area contributed by atoms with Gasteiger partial charge < -0.3 is 9.05 Å². The quantitative estimate of drug-likeness (QED) is 0.645. The van der Waals surface area contributed by atoms with E-state index in [9.17, 15) is 8.96 Å². The van der Waals surface area contributed by atoms with Crippen LogP contribution in [-0.4, -0.2) is 13.2 Å². The van der Waals surface area contributed by atoms with E-state index in [0.29, 0.717) is 0 Å². The highest BCUT2D eigenvalue weighted by Gasteiger charge is 2.30. The van der Waals surface area contributed by atoms with Gasteiger partial charge in [0, 0.05) is 0 Å². The number of rotatable bonds is 6. The van der Waals surface area contributed by atoms with Gasteiger partial charge in [0.1, 0.15) is 0 Å². The van der Waals surface area contributed by atoms with Crippen LogP contribution in [0.3, 0.4) is 0 Å². The maximum absolute atomic E-state index is 13.4. The summed E-state index contributed by atoms with van der Waals surface area (Å²) in [6, 6.07) is 0. The van der Waals surface area contributed by atoms with Crippen molar-refractivity contribution in [3.05, 3.63) is 11.6 Å². The molecule has 0 amide bonds. The van der Waals surface area contributed by atoms with Crippen LogP contribution in [0.5, 0.6) is 0 Å². The number of hydrogen-bond acceptors (Lipinski definition) is 3. The summed E-state index contributed by atoms with van der Waals surface area (Å²) in [4.78, 5) is 0. The first kappa shape index (κ1) is 13.8. The maximum atomic E-state index is 13.4. The first-order chi connectivity index (χ1) is 6.46. The highest BCUT2D eigenvalue weighted by atomic mass is 31.2. The molecule has 14 heavy (non-hydrogen) atoms. The number of allylic oxidation sites excluding steroid dienone is 1. The molecule has 0 spiro atoms. The second-order valence-corrected chi connectivity index (χ2v) is 5.00. The average Bonchev–Trinajstić information content (AvgIpc) is 2.03. The van der Waals surface area contributed by atoms with Crippen molar-refractivity contribution in [2.75, 3.05) is 13.2 Å². The number of halogens is 1. The van der Waals surface area contributed by atoms with E-state index in [1.807, 2.05) is 0 Å². The summed E-state index contributed by atoms with van der Waals surface area (Å²) >= 11 is 0. The van der Waals surface area contributed by atoms with E-state index in [-0.39, 0.29) is 19.1 Å². The Labute approximate surface area is 84.8 Å². The largest absolute Gasteiger partial charge is 0.389 e. The van der Waals surface area contributed by atoms with Gasteiger partial charge in [-0.15, -0.1) is 0 Å². The lowest BCUT2D eigenvalue weighted by atomic mass is 10.2. The first-order valence-corrected chi connectivity index (χ1v) is 6.27. The summed E-state index contributed by atoms with van der Waals surface area (Å²) in [7, 11) is -3.67. The molecule has 5 heteroatoms. The molecular weight excluding hydrogens is 206 g/mol. The minimum Gasteiger partial charge on any atom is -0.304 e. The molecule has 84 valence electrons. The van der Waals surface area contributed by atoms with Gasteiger partial charge in [0.05, 0.1) is 13.2 Å². The van der Waals surface area contributed by atoms with Crippen LogP contribution in [0.25, 0.3) is 0 Å². The van der Waals surface area contributed by atoms with Gasteiger partial charge in [-0.1, -0.05) is 13.8 Å². The maximum Gasteiger partial charge on any atom is 0.389 e. The summed E-state index contributed by atoms with van der Waals surface area (Å²) in [6.45, 7) is 7.21. The molecule has 0 fully saturated rings. The van der Waals surface area contributed by atoms with Crippen LogP contribution in [0.1, 0.15) is 27.7 Å². The molecular formula is C9H18FO3P. The molecule has 0 atom stereocenters. The third kappa shape index (κ3) is 4.36. The van der Waals surface area contributed by atoms with E-state index < -0.39 is 13.2 Å². The molecule has 0 rings (SSSR count). The van der Waals surface area contributed by atoms with Crippen molar-refractivity contribution in [1.29, 1.82) is 0 Å². The highest BCUT2D eigenvalue weighted by molar-refractivity contribution is 7.58. The Hall–Kier alpha value is -0.180. The zero-order valence-electron chi connectivity index (χ0n) is 9.12. The summed E-state index contributed by atoms with van der Waals surface area (Å²) in [5, 5.41) is 0. The fourth-order valence-electron chi connectivity index (χ4n) is 0.867. The molecule has 0 saturated carbocycles. The van der Waals surface area contributed by atoms with Crippen molar-refractivity contribution in [1.82, 2.24) is 0 Å². The molecule has 0 radical (unpaired) electrons.